The maximum absolute atomic E-state index is 13.0. The molecule has 0 fully saturated rings. The summed E-state index contributed by atoms with van der Waals surface area (Å²) in [6, 6.07) is 12.1. The van der Waals surface area contributed by atoms with Crippen LogP contribution in [-0.2, 0) is 16.1 Å². The van der Waals surface area contributed by atoms with Gasteiger partial charge in [-0.2, -0.15) is 0 Å². The first-order valence-electron chi connectivity index (χ1n) is 9.94. The number of carbonyl (C=O) groups is 2. The lowest BCUT2D eigenvalue weighted by Gasteiger charge is -2.30. The number of hydrogen-bond acceptors (Lipinski definition) is 3. The Hall–Kier alpha value is -2.24. The summed E-state index contributed by atoms with van der Waals surface area (Å²) in [5.41, 5.74) is 1.90. The van der Waals surface area contributed by atoms with Crippen LogP contribution in [0.3, 0.4) is 0 Å². The van der Waals surface area contributed by atoms with Gasteiger partial charge in [-0.25, -0.2) is 0 Å². The summed E-state index contributed by atoms with van der Waals surface area (Å²) in [6.07, 6.45) is 0.458. The molecule has 0 aliphatic carbocycles. The summed E-state index contributed by atoms with van der Waals surface area (Å²) in [7, 11) is 1.55. The molecule has 2 rings (SSSR count). The van der Waals surface area contributed by atoms with E-state index >= 15 is 0 Å². The van der Waals surface area contributed by atoms with Gasteiger partial charge in [-0.3, -0.25) is 9.59 Å². The summed E-state index contributed by atoms with van der Waals surface area (Å²) in [6.45, 7) is 6.08. The number of ether oxygens (including phenoxy) is 1. The number of halogens is 2. The molecule has 0 spiro atoms. The smallest absolute Gasteiger partial charge is 0.261 e. The maximum Gasteiger partial charge on any atom is 0.261 e. The molecule has 2 amide bonds. The fourth-order valence-electron chi connectivity index (χ4n) is 3.10. The Labute approximate surface area is 188 Å². The Morgan fingerprint density at radius 1 is 1.10 bits per heavy atom. The lowest BCUT2D eigenvalue weighted by Crippen LogP contribution is -2.49. The van der Waals surface area contributed by atoms with E-state index in [9.17, 15) is 9.59 Å². The molecule has 0 aliphatic heterocycles. The number of benzene rings is 2. The largest absolute Gasteiger partial charge is 0.484 e. The van der Waals surface area contributed by atoms with Crippen LogP contribution in [0, 0.1) is 0 Å². The minimum Gasteiger partial charge on any atom is -0.484 e. The van der Waals surface area contributed by atoms with Crippen LogP contribution in [0.15, 0.2) is 42.5 Å². The lowest BCUT2D eigenvalue weighted by atomic mass is 10.0. The van der Waals surface area contributed by atoms with E-state index < -0.39 is 6.04 Å². The number of nitrogens with zero attached hydrogens (tertiary/aromatic N) is 1. The van der Waals surface area contributed by atoms with E-state index in [1.165, 1.54) is 10.5 Å². The Bertz CT molecular complexity index is 869. The number of hydrogen-bond donors (Lipinski definition) is 1. The van der Waals surface area contributed by atoms with Crippen molar-refractivity contribution in [1.82, 2.24) is 10.2 Å². The van der Waals surface area contributed by atoms with Gasteiger partial charge in [-0.1, -0.05) is 62.2 Å². The van der Waals surface area contributed by atoms with Crippen LogP contribution in [0.2, 0.25) is 10.0 Å². The normalized spacial score (nSPS) is 11.8. The summed E-state index contributed by atoms with van der Waals surface area (Å²) < 4.78 is 5.70. The standard InChI is InChI=1S/C23H28Cl2N2O3/c1-5-21(23(29)26-4)27(13-17-6-9-18(24)12-20(17)25)22(28)14-30-19-10-7-16(8-11-19)15(2)3/h6-12,15,21H,5,13-14H2,1-4H3,(H,26,29)/t21-/m1/s1. The molecule has 0 unspecified atom stereocenters. The first kappa shape index (κ1) is 24.0. The van der Waals surface area contributed by atoms with E-state index in [1.54, 1.807) is 25.2 Å². The van der Waals surface area contributed by atoms with E-state index in [2.05, 4.69) is 19.2 Å². The highest BCUT2D eigenvalue weighted by Gasteiger charge is 2.28. The Morgan fingerprint density at radius 3 is 2.30 bits per heavy atom. The van der Waals surface area contributed by atoms with E-state index in [1.807, 2.05) is 31.2 Å². The maximum atomic E-state index is 13.0. The van der Waals surface area contributed by atoms with Crippen molar-refractivity contribution in [3.63, 3.8) is 0 Å². The highest BCUT2D eigenvalue weighted by Crippen LogP contribution is 2.24. The third-order valence-electron chi connectivity index (χ3n) is 4.90. The van der Waals surface area contributed by atoms with Crippen LogP contribution in [0.5, 0.6) is 5.75 Å². The van der Waals surface area contributed by atoms with E-state index in [0.717, 1.165) is 0 Å². The van der Waals surface area contributed by atoms with Gasteiger partial charge < -0.3 is 15.0 Å². The third-order valence-corrected chi connectivity index (χ3v) is 5.48. The minimum atomic E-state index is -0.638. The lowest BCUT2D eigenvalue weighted by molar-refractivity contribution is -0.142. The molecule has 2 aromatic carbocycles. The SMILES string of the molecule is CC[C@H](C(=O)NC)N(Cc1ccc(Cl)cc1Cl)C(=O)COc1ccc(C(C)C)cc1. The molecule has 162 valence electrons. The quantitative estimate of drug-likeness (QED) is 0.581. The van der Waals surface area contributed by atoms with Gasteiger partial charge in [0.15, 0.2) is 6.61 Å². The Morgan fingerprint density at radius 2 is 1.77 bits per heavy atom. The van der Waals surface area contributed by atoms with Gasteiger partial charge in [0.05, 0.1) is 0 Å². The Kier molecular flexibility index (Phi) is 9.00. The van der Waals surface area contributed by atoms with Crippen molar-refractivity contribution in [2.24, 2.45) is 0 Å². The molecule has 0 aliphatic rings. The van der Waals surface area contributed by atoms with Crippen molar-refractivity contribution in [1.29, 1.82) is 0 Å². The van der Waals surface area contributed by atoms with Gasteiger partial charge in [0.1, 0.15) is 11.8 Å². The zero-order valence-corrected chi connectivity index (χ0v) is 19.3. The summed E-state index contributed by atoms with van der Waals surface area (Å²) in [5.74, 6) is 0.477. The van der Waals surface area contributed by atoms with Gasteiger partial charge in [0, 0.05) is 23.6 Å². The second-order valence-corrected chi connectivity index (χ2v) is 8.15. The molecule has 1 atom stereocenters. The van der Waals surface area contributed by atoms with Gasteiger partial charge in [-0.15, -0.1) is 0 Å². The fraction of sp³-hybridized carbons (Fsp3) is 0.391. The molecule has 5 nitrogen and oxygen atoms in total. The number of amides is 2. The van der Waals surface area contributed by atoms with Crippen LogP contribution in [0.25, 0.3) is 0 Å². The molecule has 7 heteroatoms. The second kappa shape index (κ2) is 11.2. The van der Waals surface area contributed by atoms with Gasteiger partial charge in [0.2, 0.25) is 5.91 Å². The Balaban J connectivity index is 2.19. The van der Waals surface area contributed by atoms with Crippen LogP contribution >= 0.6 is 23.2 Å². The van der Waals surface area contributed by atoms with Crippen molar-refractivity contribution in [3.8, 4) is 5.75 Å². The average Bonchev–Trinajstić information content (AvgIpc) is 2.73. The number of rotatable bonds is 9. The van der Waals surface area contributed by atoms with E-state index in [4.69, 9.17) is 27.9 Å². The van der Waals surface area contributed by atoms with Crippen LogP contribution < -0.4 is 10.1 Å². The molecule has 1 N–H and O–H groups in total. The minimum absolute atomic E-state index is 0.177. The molecule has 30 heavy (non-hydrogen) atoms. The van der Waals surface area contributed by atoms with Gasteiger partial charge >= 0.3 is 0 Å². The predicted octanol–water partition coefficient (Wildman–Crippen LogP) is 5.05. The second-order valence-electron chi connectivity index (χ2n) is 7.31. The van der Waals surface area contributed by atoms with Crippen LogP contribution in [-0.4, -0.2) is 36.4 Å². The van der Waals surface area contributed by atoms with Gasteiger partial charge in [-0.05, 0) is 47.7 Å². The fourth-order valence-corrected chi connectivity index (χ4v) is 3.56. The van der Waals surface area contributed by atoms with Gasteiger partial charge in [0.25, 0.3) is 5.91 Å². The summed E-state index contributed by atoms with van der Waals surface area (Å²) in [4.78, 5) is 26.9. The average molecular weight is 451 g/mol. The van der Waals surface area contributed by atoms with Crippen molar-refractivity contribution < 1.29 is 14.3 Å². The highest BCUT2D eigenvalue weighted by atomic mass is 35.5. The van der Waals surface area contributed by atoms with Crippen molar-refractivity contribution in [2.45, 2.75) is 45.7 Å². The third kappa shape index (κ3) is 6.38. The molecular weight excluding hydrogens is 423 g/mol. The first-order valence-corrected chi connectivity index (χ1v) is 10.7. The monoisotopic (exact) mass is 450 g/mol. The molecule has 0 aromatic heterocycles. The first-order chi connectivity index (χ1) is 14.3. The zero-order chi connectivity index (χ0) is 22.3. The van der Waals surface area contributed by atoms with Crippen LogP contribution in [0.1, 0.15) is 44.2 Å². The number of nitrogens with one attached hydrogen (secondary N) is 1. The number of carbonyl (C=O) groups excluding carboxylic acids is 2. The highest BCUT2D eigenvalue weighted by molar-refractivity contribution is 6.35. The van der Waals surface area contributed by atoms with Crippen LogP contribution in [0.4, 0.5) is 0 Å². The molecule has 2 aromatic rings. The molecule has 0 saturated heterocycles. The molecule has 0 radical (unpaired) electrons. The zero-order valence-electron chi connectivity index (χ0n) is 17.7. The van der Waals surface area contributed by atoms with Crippen molar-refractivity contribution in [2.75, 3.05) is 13.7 Å². The van der Waals surface area contributed by atoms with Crippen molar-refractivity contribution >= 4 is 35.0 Å². The predicted molar refractivity (Wildman–Crippen MR) is 121 cm³/mol. The summed E-state index contributed by atoms with van der Waals surface area (Å²) in [5, 5.41) is 3.57. The topological polar surface area (TPSA) is 58.6 Å². The molecular formula is C23H28Cl2N2O3. The molecule has 0 bridgehead atoms. The van der Waals surface area contributed by atoms with Crippen molar-refractivity contribution in [3.05, 3.63) is 63.6 Å². The molecule has 0 saturated carbocycles. The van der Waals surface area contributed by atoms with E-state index in [0.29, 0.717) is 33.7 Å². The molecule has 0 heterocycles. The summed E-state index contributed by atoms with van der Waals surface area (Å²) >= 11 is 12.3. The van der Waals surface area contributed by atoms with E-state index in [-0.39, 0.29) is 25.0 Å². The number of likely N-dealkylation sites (N-methyl/N-ethyl adjacent to an activating group) is 1.